The zero-order chi connectivity index (χ0) is 17.1. The molecule has 0 atom stereocenters. The highest BCUT2D eigenvalue weighted by Crippen LogP contribution is 2.26. The Kier molecular flexibility index (Phi) is 4.94. The predicted octanol–water partition coefficient (Wildman–Crippen LogP) is 3.53. The number of hydrogen-bond acceptors (Lipinski definition) is 5. The summed E-state index contributed by atoms with van der Waals surface area (Å²) in [6.45, 7) is 3.51. The van der Waals surface area contributed by atoms with Crippen LogP contribution in [0.25, 0.3) is 16.7 Å². The first-order valence-electron chi connectivity index (χ1n) is 8.61. The lowest BCUT2D eigenvalue weighted by atomic mass is 10.1. The van der Waals surface area contributed by atoms with E-state index in [0.717, 1.165) is 34.0 Å². The van der Waals surface area contributed by atoms with Gasteiger partial charge in [0.25, 0.3) is 0 Å². The molecule has 0 amide bonds. The molecule has 1 fully saturated rings. The molecule has 0 unspecified atom stereocenters. The molecule has 3 heterocycles. The number of likely N-dealkylation sites (tertiary alicyclic amines) is 1. The number of hydrogen-bond donors (Lipinski definition) is 0. The van der Waals surface area contributed by atoms with E-state index < -0.39 is 0 Å². The fraction of sp³-hybridized carbons (Fsp3) is 0.389. The zero-order valence-electron chi connectivity index (χ0n) is 13.9. The van der Waals surface area contributed by atoms with E-state index in [4.69, 9.17) is 0 Å². The molecule has 7 heteroatoms. The van der Waals surface area contributed by atoms with Gasteiger partial charge in [-0.25, -0.2) is 19.0 Å². The van der Waals surface area contributed by atoms with E-state index in [0.29, 0.717) is 0 Å². The molecule has 5 nitrogen and oxygen atoms in total. The van der Waals surface area contributed by atoms with Crippen molar-refractivity contribution in [2.45, 2.75) is 24.3 Å². The van der Waals surface area contributed by atoms with Crippen molar-refractivity contribution < 1.29 is 4.39 Å². The molecule has 1 saturated heterocycles. The lowest BCUT2D eigenvalue weighted by Gasteiger charge is -2.25. The van der Waals surface area contributed by atoms with Crippen LogP contribution in [0.3, 0.4) is 0 Å². The van der Waals surface area contributed by atoms with Crippen molar-refractivity contribution in [3.8, 4) is 5.69 Å². The second kappa shape index (κ2) is 7.49. The minimum absolute atomic E-state index is 0.260. The number of piperidine rings is 1. The van der Waals surface area contributed by atoms with E-state index in [2.05, 4.69) is 20.0 Å². The summed E-state index contributed by atoms with van der Waals surface area (Å²) in [5.74, 6) is 0.747. The van der Waals surface area contributed by atoms with E-state index in [1.165, 1.54) is 44.5 Å². The molecule has 1 aliphatic heterocycles. The molecule has 0 saturated carbocycles. The summed E-state index contributed by atoms with van der Waals surface area (Å²) in [4.78, 5) is 11.3. The van der Waals surface area contributed by atoms with E-state index in [-0.39, 0.29) is 5.82 Å². The molecule has 0 N–H and O–H groups in total. The van der Waals surface area contributed by atoms with Crippen LogP contribution in [0.4, 0.5) is 4.39 Å². The highest BCUT2D eigenvalue weighted by molar-refractivity contribution is 7.99. The molecule has 0 aliphatic carbocycles. The average Bonchev–Trinajstić information content (AvgIpc) is 3.08. The van der Waals surface area contributed by atoms with Crippen LogP contribution in [0.5, 0.6) is 0 Å². The standard InChI is InChI=1S/C18H20FN5S/c19-14-4-6-15(7-5-14)24-17-16(12-22-24)18(21-13-20-17)25-11-10-23-8-2-1-3-9-23/h4-7,12-13H,1-3,8-11H2. The molecular weight excluding hydrogens is 337 g/mol. The Hall–Kier alpha value is -1.99. The SMILES string of the molecule is Fc1ccc(-n2ncc3c(SCCN4CCCCC4)ncnc32)cc1. The molecule has 0 bridgehead atoms. The number of aromatic nitrogens is 4. The third-order valence-corrected chi connectivity index (χ3v) is 5.48. The summed E-state index contributed by atoms with van der Waals surface area (Å²) in [6, 6.07) is 6.26. The smallest absolute Gasteiger partial charge is 0.167 e. The maximum absolute atomic E-state index is 13.1. The Morgan fingerprint density at radius 2 is 1.84 bits per heavy atom. The van der Waals surface area contributed by atoms with Gasteiger partial charge in [-0.05, 0) is 50.2 Å². The fourth-order valence-corrected chi connectivity index (χ4v) is 4.13. The average molecular weight is 357 g/mol. The Balaban J connectivity index is 1.51. The lowest BCUT2D eigenvalue weighted by molar-refractivity contribution is 0.242. The van der Waals surface area contributed by atoms with E-state index in [1.807, 2.05) is 0 Å². The molecule has 2 aromatic heterocycles. The predicted molar refractivity (Wildman–Crippen MR) is 97.6 cm³/mol. The van der Waals surface area contributed by atoms with E-state index in [9.17, 15) is 4.39 Å². The van der Waals surface area contributed by atoms with Crippen LogP contribution in [0.1, 0.15) is 19.3 Å². The zero-order valence-corrected chi connectivity index (χ0v) is 14.8. The first-order valence-corrected chi connectivity index (χ1v) is 9.60. The van der Waals surface area contributed by atoms with E-state index >= 15 is 0 Å². The molecule has 130 valence electrons. The van der Waals surface area contributed by atoms with Gasteiger partial charge in [-0.2, -0.15) is 5.10 Å². The Morgan fingerprint density at radius 1 is 1.04 bits per heavy atom. The van der Waals surface area contributed by atoms with Crippen LogP contribution in [0, 0.1) is 5.82 Å². The van der Waals surface area contributed by atoms with Gasteiger partial charge in [0, 0.05) is 12.3 Å². The van der Waals surface area contributed by atoms with Gasteiger partial charge in [0.15, 0.2) is 5.65 Å². The second-order valence-electron chi connectivity index (χ2n) is 6.20. The van der Waals surface area contributed by atoms with Gasteiger partial charge < -0.3 is 4.90 Å². The minimum atomic E-state index is -0.260. The summed E-state index contributed by atoms with van der Waals surface area (Å²) in [6.07, 6.45) is 7.35. The molecular formula is C18H20FN5S. The first kappa shape index (κ1) is 16.5. The van der Waals surface area contributed by atoms with Crippen molar-refractivity contribution in [3.05, 3.63) is 42.6 Å². The highest BCUT2D eigenvalue weighted by Gasteiger charge is 2.13. The van der Waals surface area contributed by atoms with Crippen molar-refractivity contribution in [2.75, 3.05) is 25.4 Å². The largest absolute Gasteiger partial charge is 0.303 e. The van der Waals surface area contributed by atoms with Crippen molar-refractivity contribution in [1.82, 2.24) is 24.6 Å². The van der Waals surface area contributed by atoms with Gasteiger partial charge >= 0.3 is 0 Å². The Bertz CT molecular complexity index is 842. The summed E-state index contributed by atoms with van der Waals surface area (Å²) < 4.78 is 14.9. The van der Waals surface area contributed by atoms with Gasteiger partial charge in [0.1, 0.15) is 17.2 Å². The van der Waals surface area contributed by atoms with Gasteiger partial charge in [-0.15, -0.1) is 11.8 Å². The number of thioether (sulfide) groups is 1. The number of halogens is 1. The normalized spacial score (nSPS) is 15.7. The highest BCUT2D eigenvalue weighted by atomic mass is 32.2. The molecule has 0 radical (unpaired) electrons. The third-order valence-electron chi connectivity index (χ3n) is 4.50. The molecule has 3 aromatic rings. The molecule has 25 heavy (non-hydrogen) atoms. The Labute approximate surface area is 150 Å². The van der Waals surface area contributed by atoms with Crippen LogP contribution in [0.2, 0.25) is 0 Å². The van der Waals surface area contributed by atoms with Crippen molar-refractivity contribution in [1.29, 1.82) is 0 Å². The quantitative estimate of drug-likeness (QED) is 0.516. The summed E-state index contributed by atoms with van der Waals surface area (Å²) in [5.41, 5.74) is 1.54. The molecule has 1 aliphatic rings. The van der Waals surface area contributed by atoms with Crippen LogP contribution >= 0.6 is 11.8 Å². The second-order valence-corrected chi connectivity index (χ2v) is 7.28. The van der Waals surface area contributed by atoms with Crippen molar-refractivity contribution >= 4 is 22.8 Å². The third kappa shape index (κ3) is 3.67. The number of nitrogens with zero attached hydrogens (tertiary/aromatic N) is 5. The first-order chi connectivity index (χ1) is 12.3. The van der Waals surface area contributed by atoms with Gasteiger partial charge in [-0.3, -0.25) is 0 Å². The summed E-state index contributed by atoms with van der Waals surface area (Å²) in [7, 11) is 0. The van der Waals surface area contributed by atoms with Crippen LogP contribution in [-0.2, 0) is 0 Å². The summed E-state index contributed by atoms with van der Waals surface area (Å²) in [5, 5.41) is 6.32. The Morgan fingerprint density at radius 3 is 2.64 bits per heavy atom. The van der Waals surface area contributed by atoms with Crippen LogP contribution < -0.4 is 0 Å². The van der Waals surface area contributed by atoms with Gasteiger partial charge in [0.05, 0.1) is 17.3 Å². The van der Waals surface area contributed by atoms with Crippen LogP contribution in [-0.4, -0.2) is 50.0 Å². The molecule has 0 spiro atoms. The summed E-state index contributed by atoms with van der Waals surface area (Å²) >= 11 is 1.75. The van der Waals surface area contributed by atoms with Gasteiger partial charge in [0.2, 0.25) is 0 Å². The molecule has 1 aromatic carbocycles. The fourth-order valence-electron chi connectivity index (χ4n) is 3.16. The van der Waals surface area contributed by atoms with Crippen molar-refractivity contribution in [2.24, 2.45) is 0 Å². The van der Waals surface area contributed by atoms with Crippen LogP contribution in [0.15, 0.2) is 41.8 Å². The maximum Gasteiger partial charge on any atom is 0.167 e. The number of fused-ring (bicyclic) bond motifs is 1. The lowest BCUT2D eigenvalue weighted by Crippen LogP contribution is -2.31. The number of rotatable bonds is 5. The van der Waals surface area contributed by atoms with Crippen molar-refractivity contribution in [3.63, 3.8) is 0 Å². The van der Waals surface area contributed by atoms with E-state index in [1.54, 1.807) is 41.1 Å². The number of benzene rings is 1. The minimum Gasteiger partial charge on any atom is -0.303 e. The molecule has 4 rings (SSSR count). The monoisotopic (exact) mass is 357 g/mol. The maximum atomic E-state index is 13.1. The van der Waals surface area contributed by atoms with Gasteiger partial charge in [-0.1, -0.05) is 6.42 Å². The topological polar surface area (TPSA) is 46.8 Å².